The average Bonchev–Trinajstić information content (AvgIpc) is 3.01. The smallest absolute Gasteiger partial charge is 0.303 e. The van der Waals surface area contributed by atoms with Gasteiger partial charge < -0.3 is 5.11 Å². The molecule has 4 nitrogen and oxygen atoms in total. The molecule has 108 valence electrons. The van der Waals surface area contributed by atoms with Gasteiger partial charge in [-0.3, -0.25) is 9.20 Å². The van der Waals surface area contributed by atoms with Crippen LogP contribution in [0.1, 0.15) is 18.5 Å². The number of aliphatic carboxylic acids is 1. The number of carbonyl (C=O) groups is 1. The first kappa shape index (κ1) is 14.3. The highest BCUT2D eigenvalue weighted by Crippen LogP contribution is 2.25. The van der Waals surface area contributed by atoms with Crippen LogP contribution in [0.4, 0.5) is 0 Å². The van der Waals surface area contributed by atoms with Crippen molar-refractivity contribution in [1.29, 1.82) is 0 Å². The number of benzene rings is 1. The molecule has 0 atom stereocenters. The lowest BCUT2D eigenvalue weighted by molar-refractivity contribution is -0.137. The molecule has 0 aliphatic carbocycles. The largest absolute Gasteiger partial charge is 0.481 e. The third kappa shape index (κ3) is 3.16. The summed E-state index contributed by atoms with van der Waals surface area (Å²) < 4.78 is 3.10. The van der Waals surface area contributed by atoms with Gasteiger partial charge in [0.05, 0.1) is 5.69 Å². The summed E-state index contributed by atoms with van der Waals surface area (Å²) >= 11 is 5.01. The summed E-state index contributed by atoms with van der Waals surface area (Å²) in [5.41, 5.74) is 3.13. The molecule has 21 heavy (non-hydrogen) atoms. The fourth-order valence-corrected chi connectivity index (χ4v) is 3.36. The summed E-state index contributed by atoms with van der Waals surface area (Å²) in [6.07, 6.45) is 3.62. The van der Waals surface area contributed by atoms with E-state index in [2.05, 4.69) is 30.7 Å². The van der Waals surface area contributed by atoms with E-state index in [4.69, 9.17) is 5.11 Å². The number of carboxylic acids is 1. The fraction of sp³-hybridized carbons (Fsp3) is 0.200. The first-order valence-electron chi connectivity index (χ1n) is 6.56. The van der Waals surface area contributed by atoms with Gasteiger partial charge >= 0.3 is 5.97 Å². The van der Waals surface area contributed by atoms with Crippen molar-refractivity contribution < 1.29 is 9.90 Å². The van der Waals surface area contributed by atoms with Crippen LogP contribution < -0.4 is 0 Å². The molecule has 0 saturated heterocycles. The van der Waals surface area contributed by atoms with E-state index in [1.54, 1.807) is 11.3 Å². The fourth-order valence-electron chi connectivity index (χ4n) is 2.19. The van der Waals surface area contributed by atoms with Gasteiger partial charge in [0, 0.05) is 33.7 Å². The van der Waals surface area contributed by atoms with E-state index in [0.717, 1.165) is 32.8 Å². The van der Waals surface area contributed by atoms with Gasteiger partial charge in [-0.1, -0.05) is 28.1 Å². The minimum atomic E-state index is -0.748. The van der Waals surface area contributed by atoms with Crippen molar-refractivity contribution in [2.45, 2.75) is 19.3 Å². The summed E-state index contributed by atoms with van der Waals surface area (Å²) in [4.78, 5) is 16.2. The van der Waals surface area contributed by atoms with E-state index in [1.807, 2.05) is 30.5 Å². The van der Waals surface area contributed by atoms with E-state index >= 15 is 0 Å². The number of carboxylic acid groups (broad SMARTS) is 1. The lowest BCUT2D eigenvalue weighted by Gasteiger charge is -1.98. The monoisotopic (exact) mass is 364 g/mol. The molecule has 6 heteroatoms. The second-order valence-electron chi connectivity index (χ2n) is 4.76. The van der Waals surface area contributed by atoms with Gasteiger partial charge in [0.15, 0.2) is 4.96 Å². The molecular weight excluding hydrogens is 352 g/mol. The van der Waals surface area contributed by atoms with Crippen LogP contribution in [0.25, 0.3) is 16.2 Å². The Labute approximate surface area is 134 Å². The predicted molar refractivity (Wildman–Crippen MR) is 86.8 cm³/mol. The summed E-state index contributed by atoms with van der Waals surface area (Å²) in [5.74, 6) is -0.748. The molecule has 0 unspecified atom stereocenters. The van der Waals surface area contributed by atoms with Crippen LogP contribution in [0.2, 0.25) is 0 Å². The molecule has 0 saturated carbocycles. The number of halogens is 1. The minimum absolute atomic E-state index is 0.200. The highest BCUT2D eigenvalue weighted by Gasteiger charge is 2.10. The van der Waals surface area contributed by atoms with Gasteiger partial charge in [-0.15, -0.1) is 11.3 Å². The molecule has 2 aromatic heterocycles. The van der Waals surface area contributed by atoms with Crippen molar-refractivity contribution in [3.8, 4) is 11.3 Å². The molecule has 0 fully saturated rings. The first-order chi connectivity index (χ1) is 10.1. The van der Waals surface area contributed by atoms with Gasteiger partial charge in [0.25, 0.3) is 0 Å². The van der Waals surface area contributed by atoms with Crippen molar-refractivity contribution in [2.75, 3.05) is 0 Å². The Balaban J connectivity index is 1.85. The number of nitrogens with zero attached hydrogens (tertiary/aromatic N) is 2. The maximum absolute atomic E-state index is 10.6. The molecule has 2 heterocycles. The lowest BCUT2D eigenvalue weighted by atomic mass is 10.2. The van der Waals surface area contributed by atoms with Crippen LogP contribution in [-0.2, 0) is 11.2 Å². The zero-order valence-corrected chi connectivity index (χ0v) is 13.5. The Morgan fingerprint density at radius 3 is 2.81 bits per heavy atom. The lowest BCUT2D eigenvalue weighted by Crippen LogP contribution is -1.97. The summed E-state index contributed by atoms with van der Waals surface area (Å²) in [6.45, 7) is 0. The molecule has 0 aliphatic rings. The zero-order valence-electron chi connectivity index (χ0n) is 11.1. The maximum Gasteiger partial charge on any atom is 0.303 e. The predicted octanol–water partition coefficient (Wildman–Crippen LogP) is 4.23. The summed E-state index contributed by atoms with van der Waals surface area (Å²) in [7, 11) is 0. The number of imidazole rings is 1. The number of aromatic nitrogens is 2. The number of aryl methyl sites for hydroxylation is 1. The van der Waals surface area contributed by atoms with Crippen LogP contribution in [-0.4, -0.2) is 20.5 Å². The molecule has 1 aromatic carbocycles. The van der Waals surface area contributed by atoms with Crippen molar-refractivity contribution in [2.24, 2.45) is 0 Å². The van der Waals surface area contributed by atoms with Gasteiger partial charge in [-0.05, 0) is 25.0 Å². The Kier molecular flexibility index (Phi) is 4.07. The van der Waals surface area contributed by atoms with Gasteiger partial charge in [-0.2, -0.15) is 0 Å². The third-order valence-electron chi connectivity index (χ3n) is 3.25. The maximum atomic E-state index is 10.6. The molecule has 3 aromatic rings. The number of hydrogen-bond acceptors (Lipinski definition) is 3. The quantitative estimate of drug-likeness (QED) is 0.736. The van der Waals surface area contributed by atoms with Gasteiger partial charge in [0.2, 0.25) is 0 Å². The topological polar surface area (TPSA) is 54.6 Å². The van der Waals surface area contributed by atoms with E-state index in [-0.39, 0.29) is 6.42 Å². The Morgan fingerprint density at radius 2 is 2.10 bits per heavy atom. The van der Waals surface area contributed by atoms with Crippen molar-refractivity contribution in [1.82, 2.24) is 9.38 Å². The SMILES string of the molecule is O=C(O)CCCc1csc2nc(-c3ccc(Br)cc3)cn12. The number of fused-ring (bicyclic) bond motifs is 1. The zero-order chi connectivity index (χ0) is 14.8. The van der Waals surface area contributed by atoms with Crippen LogP contribution >= 0.6 is 27.3 Å². The average molecular weight is 365 g/mol. The third-order valence-corrected chi connectivity index (χ3v) is 4.66. The van der Waals surface area contributed by atoms with Crippen molar-refractivity contribution in [3.05, 3.63) is 46.0 Å². The minimum Gasteiger partial charge on any atom is -0.481 e. The van der Waals surface area contributed by atoms with Crippen LogP contribution in [0.5, 0.6) is 0 Å². The van der Waals surface area contributed by atoms with Crippen LogP contribution in [0, 0.1) is 0 Å². The first-order valence-corrected chi connectivity index (χ1v) is 8.24. The van der Waals surface area contributed by atoms with Crippen LogP contribution in [0.15, 0.2) is 40.3 Å². The highest BCUT2D eigenvalue weighted by molar-refractivity contribution is 9.10. The Morgan fingerprint density at radius 1 is 1.33 bits per heavy atom. The standard InChI is InChI=1S/C15H13BrN2O2S/c16-11-6-4-10(5-7-11)13-8-18-12(2-1-3-14(19)20)9-21-15(18)17-13/h4-9H,1-3H2,(H,19,20). The Hall–Kier alpha value is -1.66. The second kappa shape index (κ2) is 5.99. The summed E-state index contributed by atoms with van der Waals surface area (Å²) in [5, 5.41) is 10.8. The van der Waals surface area contributed by atoms with E-state index in [0.29, 0.717) is 6.42 Å². The van der Waals surface area contributed by atoms with Gasteiger partial charge in [0.1, 0.15) is 0 Å². The molecular formula is C15H13BrN2O2S. The molecule has 0 spiro atoms. The molecule has 0 aliphatic heterocycles. The van der Waals surface area contributed by atoms with E-state index < -0.39 is 5.97 Å². The molecule has 3 rings (SSSR count). The van der Waals surface area contributed by atoms with Crippen molar-refractivity contribution >= 4 is 38.2 Å². The molecule has 0 radical (unpaired) electrons. The highest BCUT2D eigenvalue weighted by atomic mass is 79.9. The van der Waals surface area contributed by atoms with Gasteiger partial charge in [-0.25, -0.2) is 4.98 Å². The number of hydrogen-bond donors (Lipinski definition) is 1. The molecule has 0 bridgehead atoms. The second-order valence-corrected chi connectivity index (χ2v) is 6.51. The van der Waals surface area contributed by atoms with Crippen LogP contribution in [0.3, 0.4) is 0 Å². The van der Waals surface area contributed by atoms with Crippen molar-refractivity contribution in [3.63, 3.8) is 0 Å². The summed E-state index contributed by atoms with van der Waals surface area (Å²) in [6, 6.07) is 8.05. The van der Waals surface area contributed by atoms with E-state index in [9.17, 15) is 4.79 Å². The normalized spacial score (nSPS) is 11.1. The number of thiazole rings is 1. The van der Waals surface area contributed by atoms with E-state index in [1.165, 1.54) is 0 Å². The molecule has 0 amide bonds. The Bertz CT molecular complexity index is 777. The number of rotatable bonds is 5. The molecule has 1 N–H and O–H groups in total.